The minimum absolute atomic E-state index is 0.0100. The Balaban J connectivity index is 2.09. The van der Waals surface area contributed by atoms with Gasteiger partial charge in [0, 0.05) is 12.1 Å². The van der Waals surface area contributed by atoms with Gasteiger partial charge in [0.25, 0.3) is 0 Å². The molecule has 2 unspecified atom stereocenters. The number of amides is 1. The van der Waals surface area contributed by atoms with Crippen LogP contribution in [0.15, 0.2) is 16.5 Å². The average Bonchev–Trinajstić information content (AvgIpc) is 2.81. The maximum Gasteiger partial charge on any atom is 0.227 e. The predicted molar refractivity (Wildman–Crippen MR) is 79.1 cm³/mol. The molecule has 0 aliphatic heterocycles. The summed E-state index contributed by atoms with van der Waals surface area (Å²) in [4.78, 5) is 14.7. The van der Waals surface area contributed by atoms with Crippen LogP contribution in [0.25, 0.3) is 0 Å². The van der Waals surface area contributed by atoms with Crippen LogP contribution in [0.4, 0.5) is 0 Å². The van der Waals surface area contributed by atoms with Gasteiger partial charge in [-0.05, 0) is 45.7 Å². The molecule has 1 aromatic heterocycles. The molecular formula is C16H26N2O2. The number of carbonyl (C=O) groups is 1. The highest BCUT2D eigenvalue weighted by Gasteiger charge is 2.32. The molecule has 4 heteroatoms. The van der Waals surface area contributed by atoms with Gasteiger partial charge < -0.3 is 15.1 Å². The maximum absolute atomic E-state index is 12.8. The second-order valence-corrected chi connectivity index (χ2v) is 6.13. The molecule has 1 fully saturated rings. The molecule has 1 saturated carbocycles. The molecule has 1 aromatic rings. The maximum atomic E-state index is 12.8. The van der Waals surface area contributed by atoms with Crippen molar-refractivity contribution in [3.05, 3.63) is 23.7 Å². The van der Waals surface area contributed by atoms with Crippen molar-refractivity contribution in [1.29, 1.82) is 0 Å². The van der Waals surface area contributed by atoms with E-state index in [1.54, 1.807) is 0 Å². The zero-order valence-electron chi connectivity index (χ0n) is 12.8. The zero-order chi connectivity index (χ0) is 14.7. The van der Waals surface area contributed by atoms with Crippen LogP contribution in [0.1, 0.15) is 51.1 Å². The van der Waals surface area contributed by atoms with E-state index in [1.165, 1.54) is 0 Å². The molecule has 112 valence electrons. The van der Waals surface area contributed by atoms with Crippen LogP contribution in [0.3, 0.4) is 0 Å². The quantitative estimate of drug-likeness (QED) is 0.921. The summed E-state index contributed by atoms with van der Waals surface area (Å²) in [6.45, 7) is 6.54. The number of nitrogens with two attached hydrogens (primary N) is 1. The molecule has 1 aliphatic carbocycles. The van der Waals surface area contributed by atoms with Crippen molar-refractivity contribution in [3.8, 4) is 0 Å². The number of aryl methyl sites for hydroxylation is 1. The Bertz CT molecular complexity index is 453. The lowest BCUT2D eigenvalue weighted by Gasteiger charge is -2.34. The van der Waals surface area contributed by atoms with Gasteiger partial charge in [0.05, 0.1) is 12.5 Å². The highest BCUT2D eigenvalue weighted by atomic mass is 16.3. The van der Waals surface area contributed by atoms with Crippen LogP contribution in [0.5, 0.6) is 0 Å². The van der Waals surface area contributed by atoms with Crippen LogP contribution in [-0.2, 0) is 11.3 Å². The molecule has 20 heavy (non-hydrogen) atoms. The lowest BCUT2D eigenvalue weighted by Crippen LogP contribution is -2.47. The van der Waals surface area contributed by atoms with Crippen molar-refractivity contribution in [2.24, 2.45) is 11.7 Å². The van der Waals surface area contributed by atoms with Gasteiger partial charge in [-0.25, -0.2) is 0 Å². The smallest absolute Gasteiger partial charge is 0.227 e. The number of rotatable bonds is 4. The Morgan fingerprint density at radius 2 is 2.10 bits per heavy atom. The molecule has 2 atom stereocenters. The second-order valence-electron chi connectivity index (χ2n) is 6.13. The van der Waals surface area contributed by atoms with Gasteiger partial charge in [-0.1, -0.05) is 12.8 Å². The standard InChI is InChI=1S/C16H26N2O2/c1-11(2)18(10-13-9-8-12(3)20-13)16(19)14-6-4-5-7-15(14)17/h8-9,11,14-15H,4-7,10,17H2,1-3H3. The fourth-order valence-corrected chi connectivity index (χ4v) is 2.93. The summed E-state index contributed by atoms with van der Waals surface area (Å²) in [5, 5.41) is 0. The molecule has 0 saturated heterocycles. The number of hydrogen-bond acceptors (Lipinski definition) is 3. The fraction of sp³-hybridized carbons (Fsp3) is 0.688. The Morgan fingerprint density at radius 3 is 2.65 bits per heavy atom. The second kappa shape index (κ2) is 6.44. The number of nitrogens with zero attached hydrogens (tertiary/aromatic N) is 1. The van der Waals surface area contributed by atoms with E-state index >= 15 is 0 Å². The summed E-state index contributed by atoms with van der Waals surface area (Å²) in [6, 6.07) is 4.04. The van der Waals surface area contributed by atoms with Crippen molar-refractivity contribution >= 4 is 5.91 Å². The lowest BCUT2D eigenvalue weighted by atomic mass is 9.84. The van der Waals surface area contributed by atoms with Crippen molar-refractivity contribution < 1.29 is 9.21 Å². The van der Waals surface area contributed by atoms with Gasteiger partial charge in [-0.2, -0.15) is 0 Å². The average molecular weight is 278 g/mol. The zero-order valence-corrected chi connectivity index (χ0v) is 12.8. The van der Waals surface area contributed by atoms with Crippen LogP contribution < -0.4 is 5.73 Å². The van der Waals surface area contributed by atoms with Crippen LogP contribution in [-0.4, -0.2) is 22.9 Å². The minimum atomic E-state index is -0.0257. The van der Waals surface area contributed by atoms with Crippen LogP contribution in [0, 0.1) is 12.8 Å². The van der Waals surface area contributed by atoms with Gasteiger partial charge in [0.1, 0.15) is 11.5 Å². The van der Waals surface area contributed by atoms with Crippen molar-refractivity contribution in [1.82, 2.24) is 4.90 Å². The van der Waals surface area contributed by atoms with Gasteiger partial charge >= 0.3 is 0 Å². The van der Waals surface area contributed by atoms with Gasteiger partial charge in [-0.3, -0.25) is 4.79 Å². The first kappa shape index (κ1) is 15.1. The van der Waals surface area contributed by atoms with E-state index < -0.39 is 0 Å². The largest absolute Gasteiger partial charge is 0.464 e. The summed E-state index contributed by atoms with van der Waals surface area (Å²) in [5.74, 6) is 1.88. The molecular weight excluding hydrogens is 252 g/mol. The molecule has 0 radical (unpaired) electrons. The first-order valence-electron chi connectivity index (χ1n) is 7.60. The Labute approximate surface area is 121 Å². The Kier molecular flexibility index (Phi) is 4.86. The predicted octanol–water partition coefficient (Wildman–Crippen LogP) is 2.84. The van der Waals surface area contributed by atoms with E-state index in [4.69, 9.17) is 10.2 Å². The lowest BCUT2D eigenvalue weighted by molar-refractivity contribution is -0.139. The highest BCUT2D eigenvalue weighted by molar-refractivity contribution is 5.80. The monoisotopic (exact) mass is 278 g/mol. The number of furan rings is 1. The van der Waals surface area contributed by atoms with E-state index in [1.807, 2.05) is 37.8 Å². The van der Waals surface area contributed by atoms with Crippen molar-refractivity contribution in [2.45, 2.75) is 65.1 Å². The SMILES string of the molecule is Cc1ccc(CN(C(=O)C2CCCCC2N)C(C)C)o1. The molecule has 0 spiro atoms. The minimum Gasteiger partial charge on any atom is -0.464 e. The first-order chi connectivity index (χ1) is 9.49. The molecule has 1 aliphatic rings. The summed E-state index contributed by atoms with van der Waals surface area (Å²) >= 11 is 0. The Morgan fingerprint density at radius 1 is 1.40 bits per heavy atom. The fourth-order valence-electron chi connectivity index (χ4n) is 2.93. The third kappa shape index (κ3) is 3.42. The topological polar surface area (TPSA) is 59.5 Å². The molecule has 2 rings (SSSR count). The summed E-state index contributed by atoms with van der Waals surface area (Å²) in [5.41, 5.74) is 6.14. The molecule has 1 heterocycles. The van der Waals surface area contributed by atoms with Gasteiger partial charge in [0.2, 0.25) is 5.91 Å². The van der Waals surface area contributed by atoms with Crippen molar-refractivity contribution in [3.63, 3.8) is 0 Å². The van der Waals surface area contributed by atoms with Crippen LogP contribution in [0.2, 0.25) is 0 Å². The summed E-state index contributed by atoms with van der Waals surface area (Å²) < 4.78 is 5.60. The third-order valence-electron chi connectivity index (χ3n) is 4.17. The molecule has 0 bridgehead atoms. The van der Waals surface area contributed by atoms with Crippen LogP contribution >= 0.6 is 0 Å². The first-order valence-corrected chi connectivity index (χ1v) is 7.60. The normalized spacial score (nSPS) is 23.1. The van der Waals surface area contributed by atoms with E-state index in [9.17, 15) is 4.79 Å². The third-order valence-corrected chi connectivity index (χ3v) is 4.17. The number of hydrogen-bond donors (Lipinski definition) is 1. The Hall–Kier alpha value is -1.29. The molecule has 2 N–H and O–H groups in total. The van der Waals surface area contributed by atoms with E-state index in [0.29, 0.717) is 6.54 Å². The van der Waals surface area contributed by atoms with Crippen molar-refractivity contribution in [2.75, 3.05) is 0 Å². The van der Waals surface area contributed by atoms with Gasteiger partial charge in [-0.15, -0.1) is 0 Å². The number of carbonyl (C=O) groups excluding carboxylic acids is 1. The van der Waals surface area contributed by atoms with E-state index in [-0.39, 0.29) is 23.9 Å². The summed E-state index contributed by atoms with van der Waals surface area (Å²) in [7, 11) is 0. The molecule has 1 amide bonds. The summed E-state index contributed by atoms with van der Waals surface area (Å²) in [6.07, 6.45) is 4.13. The molecule has 4 nitrogen and oxygen atoms in total. The van der Waals surface area contributed by atoms with E-state index in [2.05, 4.69) is 0 Å². The van der Waals surface area contributed by atoms with E-state index in [0.717, 1.165) is 37.2 Å². The highest BCUT2D eigenvalue weighted by Crippen LogP contribution is 2.26. The van der Waals surface area contributed by atoms with Gasteiger partial charge in [0.15, 0.2) is 0 Å². The molecule has 0 aromatic carbocycles.